The van der Waals surface area contributed by atoms with E-state index in [9.17, 15) is 9.59 Å². The smallest absolute Gasteiger partial charge is 0.335 e. The zero-order valence-corrected chi connectivity index (χ0v) is 12.0. The molecule has 0 saturated heterocycles. The Hall–Kier alpha value is -1.84. The Kier molecular flexibility index (Phi) is 4.03. The summed E-state index contributed by atoms with van der Waals surface area (Å²) in [6.07, 6.45) is 0. The molecule has 104 valence electrons. The molecule has 0 saturated carbocycles. The van der Waals surface area contributed by atoms with Gasteiger partial charge in [-0.25, -0.2) is 4.79 Å². The average molecular weight is 264 g/mol. The van der Waals surface area contributed by atoms with Crippen LogP contribution in [0.1, 0.15) is 50.5 Å². The van der Waals surface area contributed by atoms with Gasteiger partial charge in [-0.05, 0) is 52.3 Å². The van der Waals surface area contributed by atoms with Crippen molar-refractivity contribution in [3.63, 3.8) is 0 Å². The van der Waals surface area contributed by atoms with Crippen LogP contribution in [0.4, 0.5) is 0 Å². The van der Waals surface area contributed by atoms with Crippen molar-refractivity contribution < 1.29 is 19.4 Å². The number of aromatic carboxylic acids is 1. The molecule has 4 nitrogen and oxygen atoms in total. The SMILES string of the molecule is CC(C)(C)OC(=O)C(C)(C)c1ccc(C(=O)O)cc1. The summed E-state index contributed by atoms with van der Waals surface area (Å²) in [5.41, 5.74) is -0.435. The normalized spacial score (nSPS) is 12.1. The lowest BCUT2D eigenvalue weighted by molar-refractivity contribution is -0.160. The van der Waals surface area contributed by atoms with E-state index in [1.54, 1.807) is 26.0 Å². The standard InChI is InChI=1S/C15H20O4/c1-14(2,3)19-13(18)15(4,5)11-8-6-10(7-9-11)12(16)17/h6-9H,1-5H3,(H,16,17). The average Bonchev–Trinajstić information content (AvgIpc) is 2.26. The first-order valence-electron chi connectivity index (χ1n) is 6.11. The number of carboxylic acids is 1. The summed E-state index contributed by atoms with van der Waals surface area (Å²) in [4.78, 5) is 23.0. The second kappa shape index (κ2) is 5.03. The Balaban J connectivity index is 2.99. The highest BCUT2D eigenvalue weighted by atomic mass is 16.6. The van der Waals surface area contributed by atoms with Crippen molar-refractivity contribution in [2.75, 3.05) is 0 Å². The van der Waals surface area contributed by atoms with Crippen LogP contribution in [0.25, 0.3) is 0 Å². The molecule has 1 rings (SSSR count). The van der Waals surface area contributed by atoms with Crippen LogP contribution in [0.15, 0.2) is 24.3 Å². The van der Waals surface area contributed by atoms with E-state index in [1.165, 1.54) is 12.1 Å². The third-order valence-corrected chi connectivity index (χ3v) is 2.76. The van der Waals surface area contributed by atoms with Crippen molar-refractivity contribution in [3.8, 4) is 0 Å². The Morgan fingerprint density at radius 2 is 1.47 bits per heavy atom. The van der Waals surface area contributed by atoms with Gasteiger partial charge < -0.3 is 9.84 Å². The molecule has 0 amide bonds. The third kappa shape index (κ3) is 3.81. The lowest BCUT2D eigenvalue weighted by Gasteiger charge is -2.28. The minimum absolute atomic E-state index is 0.198. The van der Waals surface area contributed by atoms with Crippen LogP contribution >= 0.6 is 0 Å². The summed E-state index contributed by atoms with van der Waals surface area (Å²) in [5, 5.41) is 8.85. The molecule has 0 heterocycles. The molecular weight excluding hydrogens is 244 g/mol. The van der Waals surface area contributed by atoms with Crippen molar-refractivity contribution >= 4 is 11.9 Å². The molecule has 4 heteroatoms. The van der Waals surface area contributed by atoms with Gasteiger partial charge in [0.25, 0.3) is 0 Å². The third-order valence-electron chi connectivity index (χ3n) is 2.76. The fourth-order valence-electron chi connectivity index (χ4n) is 1.55. The fraction of sp³-hybridized carbons (Fsp3) is 0.467. The van der Waals surface area contributed by atoms with E-state index in [2.05, 4.69) is 0 Å². The summed E-state index contributed by atoms with van der Waals surface area (Å²) < 4.78 is 5.38. The Labute approximate surface area is 113 Å². The van der Waals surface area contributed by atoms with Crippen molar-refractivity contribution in [3.05, 3.63) is 35.4 Å². The topological polar surface area (TPSA) is 63.6 Å². The molecule has 0 radical (unpaired) electrons. The van der Waals surface area contributed by atoms with Crippen LogP contribution < -0.4 is 0 Å². The van der Waals surface area contributed by atoms with E-state index < -0.39 is 17.0 Å². The molecule has 1 N–H and O–H groups in total. The summed E-state index contributed by atoms with van der Waals surface area (Å²) in [6, 6.07) is 6.27. The van der Waals surface area contributed by atoms with Crippen molar-refractivity contribution in [1.82, 2.24) is 0 Å². The summed E-state index contributed by atoms with van der Waals surface area (Å²) in [5.74, 6) is -1.32. The van der Waals surface area contributed by atoms with Crippen LogP contribution in [0, 0.1) is 0 Å². The van der Waals surface area contributed by atoms with Gasteiger partial charge in [-0.3, -0.25) is 4.79 Å². The van der Waals surface area contributed by atoms with E-state index in [1.807, 2.05) is 20.8 Å². The van der Waals surface area contributed by atoms with Crippen molar-refractivity contribution in [2.24, 2.45) is 0 Å². The highest BCUT2D eigenvalue weighted by Crippen LogP contribution is 2.27. The number of carbonyl (C=O) groups is 2. The second-order valence-electron chi connectivity index (χ2n) is 6.01. The lowest BCUT2D eigenvalue weighted by atomic mass is 9.84. The molecule has 1 aromatic rings. The zero-order chi connectivity index (χ0) is 14.8. The number of ether oxygens (including phenoxy) is 1. The molecule has 1 aromatic carbocycles. The molecule has 0 spiro atoms. The Morgan fingerprint density at radius 1 is 1.00 bits per heavy atom. The summed E-state index contributed by atoms with van der Waals surface area (Å²) in [7, 11) is 0. The van der Waals surface area contributed by atoms with E-state index >= 15 is 0 Å². The van der Waals surface area contributed by atoms with Crippen molar-refractivity contribution in [1.29, 1.82) is 0 Å². The first-order chi connectivity index (χ1) is 8.54. The maximum atomic E-state index is 12.2. The fourth-order valence-corrected chi connectivity index (χ4v) is 1.55. The van der Waals surface area contributed by atoms with E-state index in [0.717, 1.165) is 5.56 Å². The first kappa shape index (κ1) is 15.2. The predicted molar refractivity (Wildman–Crippen MR) is 72.3 cm³/mol. The molecule has 0 atom stereocenters. The van der Waals surface area contributed by atoms with Gasteiger partial charge in [-0.2, -0.15) is 0 Å². The molecule has 0 fully saturated rings. The molecule has 0 bridgehead atoms. The van der Waals surface area contributed by atoms with Gasteiger partial charge in [0, 0.05) is 0 Å². The van der Waals surface area contributed by atoms with E-state index in [4.69, 9.17) is 9.84 Å². The number of carbonyl (C=O) groups excluding carboxylic acids is 1. The summed E-state index contributed by atoms with van der Waals surface area (Å²) >= 11 is 0. The van der Waals surface area contributed by atoms with Gasteiger partial charge in [-0.15, -0.1) is 0 Å². The van der Waals surface area contributed by atoms with Crippen LogP contribution in [-0.4, -0.2) is 22.6 Å². The first-order valence-corrected chi connectivity index (χ1v) is 6.11. The number of rotatable bonds is 3. The number of hydrogen-bond donors (Lipinski definition) is 1. The maximum Gasteiger partial charge on any atom is 0.335 e. The van der Waals surface area contributed by atoms with Gasteiger partial charge in [-0.1, -0.05) is 12.1 Å². The van der Waals surface area contributed by atoms with Gasteiger partial charge >= 0.3 is 11.9 Å². The zero-order valence-electron chi connectivity index (χ0n) is 12.0. The molecular formula is C15H20O4. The van der Waals surface area contributed by atoms with E-state index in [-0.39, 0.29) is 11.5 Å². The molecule has 0 aliphatic rings. The molecule has 0 aliphatic heterocycles. The Bertz CT molecular complexity index is 478. The molecule has 0 aromatic heterocycles. The van der Waals surface area contributed by atoms with E-state index in [0.29, 0.717) is 0 Å². The number of benzene rings is 1. The van der Waals surface area contributed by atoms with Gasteiger partial charge in [0.1, 0.15) is 5.60 Å². The van der Waals surface area contributed by atoms with Crippen LogP contribution in [-0.2, 0) is 14.9 Å². The minimum atomic E-state index is -0.985. The second-order valence-corrected chi connectivity index (χ2v) is 6.01. The monoisotopic (exact) mass is 264 g/mol. The molecule has 0 aliphatic carbocycles. The predicted octanol–water partition coefficient (Wildman–Crippen LogP) is 3.00. The molecule has 0 unspecified atom stereocenters. The summed E-state index contributed by atoms with van der Waals surface area (Å²) in [6.45, 7) is 8.96. The largest absolute Gasteiger partial charge is 0.478 e. The van der Waals surface area contributed by atoms with Gasteiger partial charge in [0.2, 0.25) is 0 Å². The highest BCUT2D eigenvalue weighted by Gasteiger charge is 2.34. The minimum Gasteiger partial charge on any atom is -0.478 e. The number of hydrogen-bond acceptors (Lipinski definition) is 3. The van der Waals surface area contributed by atoms with Gasteiger partial charge in [0.15, 0.2) is 0 Å². The molecule has 19 heavy (non-hydrogen) atoms. The quantitative estimate of drug-likeness (QED) is 0.852. The van der Waals surface area contributed by atoms with Crippen LogP contribution in [0.3, 0.4) is 0 Å². The van der Waals surface area contributed by atoms with Crippen LogP contribution in [0.2, 0.25) is 0 Å². The number of carboxylic acid groups (broad SMARTS) is 1. The highest BCUT2D eigenvalue weighted by molar-refractivity contribution is 5.88. The maximum absolute atomic E-state index is 12.2. The Morgan fingerprint density at radius 3 is 1.84 bits per heavy atom. The lowest BCUT2D eigenvalue weighted by Crippen LogP contribution is -2.36. The van der Waals surface area contributed by atoms with Crippen LogP contribution in [0.5, 0.6) is 0 Å². The van der Waals surface area contributed by atoms with Gasteiger partial charge in [0.05, 0.1) is 11.0 Å². The number of esters is 1. The van der Waals surface area contributed by atoms with Crippen molar-refractivity contribution in [2.45, 2.75) is 45.6 Å².